The summed E-state index contributed by atoms with van der Waals surface area (Å²) in [7, 11) is 2.09. The Morgan fingerprint density at radius 3 is 2.78 bits per heavy atom. The fourth-order valence-electron chi connectivity index (χ4n) is 3.17. The van der Waals surface area contributed by atoms with E-state index in [1.807, 2.05) is 12.4 Å². The van der Waals surface area contributed by atoms with Crippen molar-refractivity contribution in [2.75, 3.05) is 6.54 Å². The molecule has 1 aromatic rings. The molecule has 2 rings (SSSR count). The number of hydrogen-bond acceptors (Lipinski definition) is 2. The van der Waals surface area contributed by atoms with Crippen LogP contribution in [0.15, 0.2) is 12.4 Å². The first kappa shape index (κ1) is 13.6. The molecule has 1 fully saturated rings. The molecule has 3 heteroatoms. The molecule has 0 bridgehead atoms. The molecule has 0 amide bonds. The molecule has 1 aromatic heterocycles. The Morgan fingerprint density at radius 2 is 2.17 bits per heavy atom. The normalized spacial score (nSPS) is 19.0. The van der Waals surface area contributed by atoms with Crippen LogP contribution in [0.4, 0.5) is 0 Å². The summed E-state index contributed by atoms with van der Waals surface area (Å²) in [6.45, 7) is 3.26. The molecule has 3 nitrogen and oxygen atoms in total. The molecular weight excluding hydrogens is 222 g/mol. The molecular formula is C15H27N3. The van der Waals surface area contributed by atoms with Gasteiger partial charge in [0.05, 0.1) is 0 Å². The molecule has 0 spiro atoms. The van der Waals surface area contributed by atoms with Crippen LogP contribution in [0.1, 0.15) is 51.3 Å². The molecule has 0 radical (unpaired) electrons. The lowest BCUT2D eigenvalue weighted by Crippen LogP contribution is -2.34. The summed E-state index contributed by atoms with van der Waals surface area (Å²) in [5.41, 5.74) is 0. The summed E-state index contributed by atoms with van der Waals surface area (Å²) >= 11 is 0. The van der Waals surface area contributed by atoms with Crippen LogP contribution < -0.4 is 5.32 Å². The van der Waals surface area contributed by atoms with Gasteiger partial charge in [0.25, 0.3) is 0 Å². The molecule has 1 N–H and O–H groups in total. The smallest absolute Gasteiger partial charge is 0.109 e. The van der Waals surface area contributed by atoms with Gasteiger partial charge in [0.15, 0.2) is 0 Å². The van der Waals surface area contributed by atoms with Crippen LogP contribution in [0, 0.1) is 5.92 Å². The standard InChI is InChI=1S/C15H27N3/c1-3-16-14(11-13-7-5-4-6-8-13)12-15-17-9-10-18(15)2/h9-10,13-14,16H,3-8,11-12H2,1-2H3. The quantitative estimate of drug-likeness (QED) is 0.840. The molecule has 0 aromatic carbocycles. The highest BCUT2D eigenvalue weighted by molar-refractivity contribution is 4.95. The molecule has 1 heterocycles. The number of rotatable bonds is 6. The van der Waals surface area contributed by atoms with E-state index < -0.39 is 0 Å². The fourth-order valence-corrected chi connectivity index (χ4v) is 3.17. The van der Waals surface area contributed by atoms with Crippen LogP contribution in [-0.4, -0.2) is 22.1 Å². The Bertz CT molecular complexity index is 339. The van der Waals surface area contributed by atoms with Gasteiger partial charge in [-0.05, 0) is 18.9 Å². The zero-order chi connectivity index (χ0) is 12.8. The van der Waals surface area contributed by atoms with Crippen molar-refractivity contribution in [3.05, 3.63) is 18.2 Å². The average Bonchev–Trinajstić information content (AvgIpc) is 2.77. The van der Waals surface area contributed by atoms with Crippen LogP contribution in [0.25, 0.3) is 0 Å². The van der Waals surface area contributed by atoms with Gasteiger partial charge in [-0.2, -0.15) is 0 Å². The third-order valence-electron chi connectivity index (χ3n) is 4.19. The van der Waals surface area contributed by atoms with E-state index in [1.54, 1.807) is 0 Å². The number of aromatic nitrogens is 2. The second-order valence-corrected chi connectivity index (χ2v) is 5.65. The van der Waals surface area contributed by atoms with E-state index >= 15 is 0 Å². The van der Waals surface area contributed by atoms with Crippen LogP contribution in [0.3, 0.4) is 0 Å². The van der Waals surface area contributed by atoms with Gasteiger partial charge in [-0.15, -0.1) is 0 Å². The number of nitrogens with zero attached hydrogens (tertiary/aromatic N) is 2. The number of hydrogen-bond donors (Lipinski definition) is 1. The maximum absolute atomic E-state index is 4.45. The lowest BCUT2D eigenvalue weighted by molar-refractivity contribution is 0.296. The van der Waals surface area contributed by atoms with Crippen LogP contribution in [-0.2, 0) is 13.5 Å². The number of nitrogens with one attached hydrogen (secondary N) is 1. The van der Waals surface area contributed by atoms with Crippen molar-refractivity contribution in [2.24, 2.45) is 13.0 Å². The molecule has 102 valence electrons. The largest absolute Gasteiger partial charge is 0.338 e. The zero-order valence-corrected chi connectivity index (χ0v) is 11.9. The van der Waals surface area contributed by atoms with Gasteiger partial charge in [0, 0.05) is 31.9 Å². The summed E-state index contributed by atoms with van der Waals surface area (Å²) < 4.78 is 2.14. The minimum absolute atomic E-state index is 0.596. The number of aryl methyl sites for hydroxylation is 1. The Kier molecular flexibility index (Phi) is 5.24. The van der Waals surface area contributed by atoms with E-state index in [0.29, 0.717) is 6.04 Å². The topological polar surface area (TPSA) is 29.9 Å². The minimum atomic E-state index is 0.596. The third-order valence-corrected chi connectivity index (χ3v) is 4.19. The number of imidazole rings is 1. The number of likely N-dealkylation sites (N-methyl/N-ethyl adjacent to an activating group) is 1. The molecule has 1 unspecified atom stereocenters. The van der Waals surface area contributed by atoms with Crippen molar-refractivity contribution >= 4 is 0 Å². The summed E-state index contributed by atoms with van der Waals surface area (Å²) in [6.07, 6.45) is 13.5. The Balaban J connectivity index is 1.88. The Hall–Kier alpha value is -0.830. The van der Waals surface area contributed by atoms with E-state index in [-0.39, 0.29) is 0 Å². The van der Waals surface area contributed by atoms with Crippen LogP contribution in [0.5, 0.6) is 0 Å². The predicted octanol–water partition coefficient (Wildman–Crippen LogP) is 2.91. The van der Waals surface area contributed by atoms with E-state index in [4.69, 9.17) is 0 Å². The van der Waals surface area contributed by atoms with Gasteiger partial charge in [-0.3, -0.25) is 0 Å². The first-order chi connectivity index (χ1) is 8.79. The minimum Gasteiger partial charge on any atom is -0.338 e. The maximum Gasteiger partial charge on any atom is 0.109 e. The Labute approximate surface area is 111 Å². The van der Waals surface area contributed by atoms with Crippen LogP contribution >= 0.6 is 0 Å². The molecule has 1 saturated carbocycles. The van der Waals surface area contributed by atoms with Gasteiger partial charge in [0.1, 0.15) is 5.82 Å². The second kappa shape index (κ2) is 6.93. The molecule has 1 aliphatic rings. The lowest BCUT2D eigenvalue weighted by atomic mass is 9.84. The van der Waals surface area contributed by atoms with Crippen LogP contribution in [0.2, 0.25) is 0 Å². The molecule has 1 aliphatic carbocycles. The highest BCUT2D eigenvalue weighted by Crippen LogP contribution is 2.27. The predicted molar refractivity (Wildman–Crippen MR) is 75.6 cm³/mol. The summed E-state index contributed by atoms with van der Waals surface area (Å²) in [4.78, 5) is 4.45. The van der Waals surface area contributed by atoms with Crippen molar-refractivity contribution in [1.82, 2.24) is 14.9 Å². The highest BCUT2D eigenvalue weighted by atomic mass is 15.0. The Morgan fingerprint density at radius 1 is 1.39 bits per heavy atom. The molecule has 18 heavy (non-hydrogen) atoms. The first-order valence-electron chi connectivity index (χ1n) is 7.49. The van der Waals surface area contributed by atoms with Crippen molar-refractivity contribution in [3.8, 4) is 0 Å². The maximum atomic E-state index is 4.45. The average molecular weight is 249 g/mol. The van der Waals surface area contributed by atoms with Gasteiger partial charge in [-0.25, -0.2) is 4.98 Å². The third kappa shape index (κ3) is 3.84. The van der Waals surface area contributed by atoms with Crippen molar-refractivity contribution in [3.63, 3.8) is 0 Å². The molecule has 0 saturated heterocycles. The summed E-state index contributed by atoms with van der Waals surface area (Å²) in [5, 5.41) is 3.64. The monoisotopic (exact) mass is 249 g/mol. The van der Waals surface area contributed by atoms with Crippen molar-refractivity contribution in [2.45, 2.75) is 57.9 Å². The highest BCUT2D eigenvalue weighted by Gasteiger charge is 2.19. The first-order valence-corrected chi connectivity index (χ1v) is 7.49. The van der Waals surface area contributed by atoms with Gasteiger partial charge >= 0.3 is 0 Å². The van der Waals surface area contributed by atoms with E-state index in [1.165, 1.54) is 44.3 Å². The zero-order valence-electron chi connectivity index (χ0n) is 11.9. The van der Waals surface area contributed by atoms with Gasteiger partial charge in [-0.1, -0.05) is 39.0 Å². The van der Waals surface area contributed by atoms with E-state index in [9.17, 15) is 0 Å². The van der Waals surface area contributed by atoms with E-state index in [2.05, 4.69) is 28.8 Å². The van der Waals surface area contributed by atoms with Crippen molar-refractivity contribution in [1.29, 1.82) is 0 Å². The van der Waals surface area contributed by atoms with E-state index in [0.717, 1.165) is 18.9 Å². The summed E-state index contributed by atoms with van der Waals surface area (Å²) in [5.74, 6) is 2.14. The lowest BCUT2D eigenvalue weighted by Gasteiger charge is -2.27. The SMILES string of the molecule is CCNC(Cc1nccn1C)CC1CCCCC1. The summed E-state index contributed by atoms with van der Waals surface area (Å²) in [6, 6.07) is 0.596. The van der Waals surface area contributed by atoms with Gasteiger partial charge < -0.3 is 9.88 Å². The fraction of sp³-hybridized carbons (Fsp3) is 0.800. The second-order valence-electron chi connectivity index (χ2n) is 5.65. The van der Waals surface area contributed by atoms with Gasteiger partial charge in [0.2, 0.25) is 0 Å². The molecule has 1 atom stereocenters. The van der Waals surface area contributed by atoms with Crippen molar-refractivity contribution < 1.29 is 0 Å². The molecule has 0 aliphatic heterocycles.